The molecule has 0 aliphatic carbocycles. The van der Waals surface area contributed by atoms with Gasteiger partial charge < -0.3 is 4.74 Å². The number of carbonyl (C=O) groups is 1. The molecule has 0 aliphatic heterocycles. The summed E-state index contributed by atoms with van der Waals surface area (Å²) in [4.78, 5) is 11.3. The Kier molecular flexibility index (Phi) is 4.39. The van der Waals surface area contributed by atoms with Gasteiger partial charge in [0.1, 0.15) is 5.75 Å². The second-order valence-corrected chi connectivity index (χ2v) is 7.52. The van der Waals surface area contributed by atoms with Gasteiger partial charge in [-0.2, -0.15) is 0 Å². The third-order valence-corrected chi connectivity index (χ3v) is 4.06. The van der Waals surface area contributed by atoms with Gasteiger partial charge >= 0.3 is 5.97 Å². The summed E-state index contributed by atoms with van der Waals surface area (Å²) in [5.74, 6) is -0.0439. The fourth-order valence-electron chi connectivity index (χ4n) is 0.941. The van der Waals surface area contributed by atoms with Crippen molar-refractivity contribution >= 4 is 40.7 Å². The van der Waals surface area contributed by atoms with Gasteiger partial charge in [0.05, 0.1) is 0 Å². The quantitative estimate of drug-likeness (QED) is 0.274. The molecule has 0 N–H and O–H groups in total. The Bertz CT molecular complexity index is 391. The van der Waals surface area contributed by atoms with E-state index in [-0.39, 0.29) is 0 Å². The molecule has 2 nitrogen and oxygen atoms in total. The summed E-state index contributed by atoms with van der Waals surface area (Å²) in [6, 6.07) is 6.99. The second kappa shape index (κ2) is 5.35. The van der Waals surface area contributed by atoms with Gasteiger partial charge in [0, 0.05) is 10.8 Å². The number of rotatable bonds is 3. The van der Waals surface area contributed by atoms with E-state index in [9.17, 15) is 4.79 Å². The van der Waals surface area contributed by atoms with Crippen LogP contribution in [-0.2, 0) is 4.79 Å². The van der Waals surface area contributed by atoms with E-state index < -0.39 is 13.4 Å². The number of benzene rings is 1. The van der Waals surface area contributed by atoms with Crippen molar-refractivity contribution in [3.63, 3.8) is 0 Å². The molecule has 1 aromatic carbocycles. The average Bonchev–Trinajstić information content (AvgIpc) is 2.18. The zero-order valence-electron chi connectivity index (χ0n) is 8.17. The molecule has 0 unspecified atom stereocenters. The van der Waals surface area contributed by atoms with Crippen molar-refractivity contribution in [2.24, 2.45) is 0 Å². The number of hydrogen-bond acceptors (Lipinski definition) is 2. The summed E-state index contributed by atoms with van der Waals surface area (Å²) in [5, 5.41) is 0.704. The number of para-hydroxylation sites is 1. The van der Waals surface area contributed by atoms with Crippen molar-refractivity contribution in [3.8, 4) is 5.75 Å². The van der Waals surface area contributed by atoms with Crippen LogP contribution in [0.25, 0.3) is 0 Å². The molecule has 0 saturated carbocycles. The lowest BCUT2D eigenvalue weighted by molar-refractivity contribution is -0.130. The van der Waals surface area contributed by atoms with Gasteiger partial charge in [-0.3, -0.25) is 0 Å². The van der Waals surface area contributed by atoms with Crippen molar-refractivity contribution < 1.29 is 9.53 Å². The first-order valence-electron chi connectivity index (χ1n) is 4.27. The molecular formula is C10H10Cl2O2Si. The summed E-state index contributed by atoms with van der Waals surface area (Å²) >= 11 is 11.7. The maximum Gasteiger partial charge on any atom is 0.338 e. The minimum atomic E-state index is -2.02. The number of carbonyl (C=O) groups excluding carboxylic acids is 1. The molecule has 1 rings (SSSR count). The van der Waals surface area contributed by atoms with Gasteiger partial charge in [0.25, 0.3) is 7.42 Å². The molecule has 0 aromatic heterocycles. The Hall–Kier alpha value is -0.773. The van der Waals surface area contributed by atoms with Crippen LogP contribution in [0, 0.1) is 0 Å². The van der Waals surface area contributed by atoms with E-state index in [1.165, 1.54) is 0 Å². The van der Waals surface area contributed by atoms with E-state index in [4.69, 9.17) is 26.9 Å². The Morgan fingerprint density at radius 1 is 1.40 bits per heavy atom. The summed E-state index contributed by atoms with van der Waals surface area (Å²) in [6.07, 6.45) is 0. The molecular weight excluding hydrogens is 251 g/mol. The molecule has 15 heavy (non-hydrogen) atoms. The first-order chi connectivity index (χ1) is 7.02. The molecule has 0 spiro atoms. The van der Waals surface area contributed by atoms with E-state index in [1.807, 2.05) is 0 Å². The van der Waals surface area contributed by atoms with Gasteiger partial charge in [-0.15, -0.1) is 22.2 Å². The van der Waals surface area contributed by atoms with Crippen LogP contribution in [-0.4, -0.2) is 13.4 Å². The minimum absolute atomic E-state index is 0.340. The van der Waals surface area contributed by atoms with Crippen molar-refractivity contribution in [1.82, 2.24) is 0 Å². The topological polar surface area (TPSA) is 26.3 Å². The highest BCUT2D eigenvalue weighted by Crippen LogP contribution is 2.12. The zero-order valence-corrected chi connectivity index (χ0v) is 10.8. The molecule has 0 atom stereocenters. The second-order valence-electron chi connectivity index (χ2n) is 3.01. The van der Waals surface area contributed by atoms with Crippen LogP contribution in [0.1, 0.15) is 6.92 Å². The number of esters is 1. The van der Waals surface area contributed by atoms with E-state index in [0.717, 1.165) is 0 Å². The van der Waals surface area contributed by atoms with Crippen LogP contribution in [0.4, 0.5) is 0 Å². The summed E-state index contributed by atoms with van der Waals surface area (Å²) < 4.78 is 5.10. The van der Waals surface area contributed by atoms with E-state index in [1.54, 1.807) is 31.2 Å². The van der Waals surface area contributed by atoms with Crippen LogP contribution in [0.2, 0.25) is 0 Å². The fraction of sp³-hybridized carbons (Fsp3) is 0.100. The van der Waals surface area contributed by atoms with Gasteiger partial charge in [-0.1, -0.05) is 24.8 Å². The molecule has 0 aliphatic rings. The number of ether oxygens (including phenoxy) is 1. The van der Waals surface area contributed by atoms with E-state index >= 15 is 0 Å². The van der Waals surface area contributed by atoms with Crippen LogP contribution in [0.3, 0.4) is 0 Å². The summed E-state index contributed by atoms with van der Waals surface area (Å²) in [5.41, 5.74) is 0.340. The molecule has 0 bridgehead atoms. The maximum absolute atomic E-state index is 11.3. The number of halogens is 2. The van der Waals surface area contributed by atoms with Crippen LogP contribution in [0.15, 0.2) is 36.4 Å². The first kappa shape index (κ1) is 12.3. The van der Waals surface area contributed by atoms with E-state index in [2.05, 4.69) is 6.58 Å². The highest BCUT2D eigenvalue weighted by Gasteiger charge is 2.15. The van der Waals surface area contributed by atoms with Crippen molar-refractivity contribution in [1.29, 1.82) is 0 Å². The number of hydrogen-bond donors (Lipinski definition) is 0. The van der Waals surface area contributed by atoms with Crippen LogP contribution < -0.4 is 9.92 Å². The minimum Gasteiger partial charge on any atom is -0.423 e. The van der Waals surface area contributed by atoms with Crippen LogP contribution in [0.5, 0.6) is 5.75 Å². The molecule has 0 amide bonds. The smallest absolute Gasteiger partial charge is 0.338 e. The van der Waals surface area contributed by atoms with Crippen molar-refractivity contribution in [2.45, 2.75) is 6.92 Å². The lowest BCUT2D eigenvalue weighted by Gasteiger charge is -2.09. The van der Waals surface area contributed by atoms with Gasteiger partial charge in [0.15, 0.2) is 0 Å². The highest BCUT2D eigenvalue weighted by atomic mass is 35.7. The molecule has 5 heteroatoms. The Balaban J connectivity index is 2.94. The largest absolute Gasteiger partial charge is 0.423 e. The van der Waals surface area contributed by atoms with Gasteiger partial charge in [0.2, 0.25) is 0 Å². The van der Waals surface area contributed by atoms with Crippen LogP contribution >= 0.6 is 22.2 Å². The maximum atomic E-state index is 11.3. The molecule has 0 fully saturated rings. The molecule has 80 valence electrons. The molecule has 0 heterocycles. The third kappa shape index (κ3) is 3.37. The third-order valence-electron chi connectivity index (χ3n) is 1.71. The Morgan fingerprint density at radius 2 is 2.00 bits per heavy atom. The Morgan fingerprint density at radius 3 is 2.53 bits per heavy atom. The lowest BCUT2D eigenvalue weighted by Crippen LogP contribution is -2.23. The highest BCUT2D eigenvalue weighted by molar-refractivity contribution is 7.39. The standard InChI is InChI=1S/C10H10Cl2O2Si/c1-7(2)10(13)14-8-5-3-4-6-9(8)15(11)12/h3-6,15H,1H2,2H3. The summed E-state index contributed by atoms with van der Waals surface area (Å²) in [7, 11) is -2.02. The monoisotopic (exact) mass is 260 g/mol. The SMILES string of the molecule is C=C(C)C(=O)Oc1ccccc1[SiH](Cl)Cl. The first-order valence-corrected chi connectivity index (χ1v) is 8.34. The fourth-order valence-corrected chi connectivity index (χ4v) is 2.65. The normalized spacial score (nSPS) is 10.1. The predicted octanol–water partition coefficient (Wildman–Crippen LogP) is 2.07. The average molecular weight is 261 g/mol. The predicted molar refractivity (Wildman–Crippen MR) is 65.4 cm³/mol. The van der Waals surface area contributed by atoms with Crippen molar-refractivity contribution in [3.05, 3.63) is 36.4 Å². The molecule has 1 aromatic rings. The lowest BCUT2D eigenvalue weighted by atomic mass is 10.3. The summed E-state index contributed by atoms with van der Waals surface area (Å²) in [6.45, 7) is 5.08. The van der Waals surface area contributed by atoms with E-state index in [0.29, 0.717) is 16.5 Å². The zero-order chi connectivity index (χ0) is 11.4. The van der Waals surface area contributed by atoms with Gasteiger partial charge in [-0.25, -0.2) is 4.79 Å². The Labute approximate surface area is 99.5 Å². The molecule has 0 radical (unpaired) electrons. The van der Waals surface area contributed by atoms with Gasteiger partial charge in [-0.05, 0) is 13.0 Å². The molecule has 0 saturated heterocycles. The van der Waals surface area contributed by atoms with Crippen molar-refractivity contribution in [2.75, 3.05) is 0 Å².